The van der Waals surface area contributed by atoms with Crippen molar-refractivity contribution in [1.29, 1.82) is 0 Å². The molecule has 92 valence electrons. The number of likely N-dealkylation sites (tertiary alicyclic amines) is 1. The lowest BCUT2D eigenvalue weighted by molar-refractivity contribution is -0.139. The fraction of sp³-hybridized carbons (Fsp3) is 0.400. The lowest BCUT2D eigenvalue weighted by Crippen LogP contribution is -2.53. The molecule has 0 atom stereocenters. The topological polar surface area (TPSA) is 20.3 Å². The van der Waals surface area contributed by atoms with E-state index in [-0.39, 0.29) is 17.2 Å². The third-order valence-electron chi connectivity index (χ3n) is 3.96. The van der Waals surface area contributed by atoms with Gasteiger partial charge in [0.25, 0.3) is 0 Å². The monoisotopic (exact) mass is 259 g/mol. The number of hydrogen-bond donors (Lipinski definition) is 0. The molecule has 0 spiro atoms. The molecular formula is C15H14ClNO. The van der Waals surface area contributed by atoms with Crippen LogP contribution in [0.5, 0.6) is 0 Å². The number of halogens is 1. The molecule has 2 fully saturated rings. The summed E-state index contributed by atoms with van der Waals surface area (Å²) in [7, 11) is 0. The summed E-state index contributed by atoms with van der Waals surface area (Å²) in [5.74, 6) is 3.17. The van der Waals surface area contributed by atoms with Gasteiger partial charge < -0.3 is 4.90 Å². The molecule has 1 aliphatic heterocycles. The van der Waals surface area contributed by atoms with Gasteiger partial charge in [0.1, 0.15) is 0 Å². The number of nitrogens with zero attached hydrogens (tertiary/aromatic N) is 1. The maximum absolute atomic E-state index is 12.5. The fourth-order valence-corrected chi connectivity index (χ4v) is 2.70. The van der Waals surface area contributed by atoms with E-state index in [9.17, 15) is 4.79 Å². The van der Waals surface area contributed by atoms with Crippen molar-refractivity contribution in [2.45, 2.75) is 18.3 Å². The highest BCUT2D eigenvalue weighted by Crippen LogP contribution is 2.50. The van der Waals surface area contributed by atoms with Crippen LogP contribution < -0.4 is 0 Å². The molecule has 0 N–H and O–H groups in total. The van der Waals surface area contributed by atoms with E-state index in [1.54, 1.807) is 0 Å². The van der Waals surface area contributed by atoms with Crippen LogP contribution in [0.15, 0.2) is 24.3 Å². The molecule has 2 nitrogen and oxygen atoms in total. The van der Waals surface area contributed by atoms with Crippen LogP contribution in [0.4, 0.5) is 0 Å². The lowest BCUT2D eigenvalue weighted by atomic mass is 9.91. The minimum atomic E-state index is -0.288. The zero-order valence-corrected chi connectivity index (χ0v) is 10.8. The first kappa shape index (κ1) is 11.6. The Bertz CT molecular complexity index is 518. The Balaban J connectivity index is 1.78. The highest BCUT2D eigenvalue weighted by Gasteiger charge is 2.54. The molecule has 0 unspecified atom stereocenters. The molecule has 0 aromatic heterocycles. The van der Waals surface area contributed by atoms with Gasteiger partial charge in [-0.2, -0.15) is 0 Å². The maximum Gasteiger partial charge on any atom is 0.233 e. The Morgan fingerprint density at radius 1 is 1.33 bits per heavy atom. The molecule has 1 saturated heterocycles. The van der Waals surface area contributed by atoms with Gasteiger partial charge in [-0.1, -0.05) is 29.7 Å². The van der Waals surface area contributed by atoms with Crippen molar-refractivity contribution in [2.75, 3.05) is 13.1 Å². The smallest absolute Gasteiger partial charge is 0.233 e. The number of carbonyl (C=O) groups is 1. The molecule has 2 aliphatic rings. The molecular weight excluding hydrogens is 246 g/mol. The second-order valence-corrected chi connectivity index (χ2v) is 5.60. The van der Waals surface area contributed by atoms with Crippen molar-refractivity contribution in [3.05, 3.63) is 34.9 Å². The number of benzene rings is 1. The van der Waals surface area contributed by atoms with E-state index in [0.29, 0.717) is 18.1 Å². The SMILES string of the molecule is C#CC1CN(C(=O)C2(c3ccc(Cl)cc3)CC2)C1. The van der Waals surface area contributed by atoms with Gasteiger partial charge in [0.2, 0.25) is 5.91 Å². The molecule has 3 heteroatoms. The summed E-state index contributed by atoms with van der Waals surface area (Å²) in [6.45, 7) is 1.43. The summed E-state index contributed by atoms with van der Waals surface area (Å²) in [5, 5.41) is 0.707. The van der Waals surface area contributed by atoms with Crippen LogP contribution >= 0.6 is 11.6 Å². The van der Waals surface area contributed by atoms with Crippen LogP contribution in [-0.2, 0) is 10.2 Å². The van der Waals surface area contributed by atoms with Gasteiger partial charge in [0.15, 0.2) is 0 Å². The maximum atomic E-state index is 12.5. The molecule has 1 saturated carbocycles. The van der Waals surface area contributed by atoms with Crippen LogP contribution in [0.1, 0.15) is 18.4 Å². The quantitative estimate of drug-likeness (QED) is 0.747. The van der Waals surface area contributed by atoms with Crippen LogP contribution in [0.2, 0.25) is 5.02 Å². The summed E-state index contributed by atoms with van der Waals surface area (Å²) < 4.78 is 0. The number of hydrogen-bond acceptors (Lipinski definition) is 1. The van der Waals surface area contributed by atoms with E-state index in [1.165, 1.54) is 0 Å². The highest BCUT2D eigenvalue weighted by molar-refractivity contribution is 6.30. The van der Waals surface area contributed by atoms with E-state index in [1.807, 2.05) is 29.2 Å². The predicted molar refractivity (Wildman–Crippen MR) is 71.3 cm³/mol. The van der Waals surface area contributed by atoms with Gasteiger partial charge in [-0.05, 0) is 30.5 Å². The van der Waals surface area contributed by atoms with E-state index < -0.39 is 0 Å². The van der Waals surface area contributed by atoms with Crippen LogP contribution in [-0.4, -0.2) is 23.9 Å². The average Bonchev–Trinajstić information content (AvgIpc) is 3.10. The normalized spacial score (nSPS) is 21.0. The second-order valence-electron chi connectivity index (χ2n) is 5.16. The first-order chi connectivity index (χ1) is 8.65. The van der Waals surface area contributed by atoms with E-state index in [2.05, 4.69) is 5.92 Å². The van der Waals surface area contributed by atoms with E-state index in [0.717, 1.165) is 18.4 Å². The van der Waals surface area contributed by atoms with Gasteiger partial charge in [0.05, 0.1) is 11.3 Å². The summed E-state index contributed by atoms with van der Waals surface area (Å²) in [5.41, 5.74) is 0.797. The molecule has 0 radical (unpaired) electrons. The molecule has 18 heavy (non-hydrogen) atoms. The van der Waals surface area contributed by atoms with Crippen molar-refractivity contribution in [3.63, 3.8) is 0 Å². The largest absolute Gasteiger partial charge is 0.339 e. The lowest BCUT2D eigenvalue weighted by Gasteiger charge is -2.39. The zero-order valence-electron chi connectivity index (χ0n) is 10.0. The Kier molecular flexibility index (Phi) is 2.60. The molecule has 3 rings (SSSR count). The van der Waals surface area contributed by atoms with Crippen molar-refractivity contribution >= 4 is 17.5 Å². The van der Waals surface area contributed by atoms with Gasteiger partial charge in [0, 0.05) is 18.1 Å². The van der Waals surface area contributed by atoms with E-state index in [4.69, 9.17) is 18.0 Å². The van der Waals surface area contributed by atoms with Gasteiger partial charge in [-0.15, -0.1) is 6.42 Å². The van der Waals surface area contributed by atoms with Crippen molar-refractivity contribution in [3.8, 4) is 12.3 Å². The molecule has 1 heterocycles. The van der Waals surface area contributed by atoms with Gasteiger partial charge >= 0.3 is 0 Å². The Morgan fingerprint density at radius 2 is 1.94 bits per heavy atom. The molecule has 0 bridgehead atoms. The molecule has 1 aliphatic carbocycles. The third kappa shape index (κ3) is 1.71. The average molecular weight is 260 g/mol. The van der Waals surface area contributed by atoms with Gasteiger partial charge in [-0.25, -0.2) is 0 Å². The molecule has 1 aromatic rings. The first-order valence-electron chi connectivity index (χ1n) is 6.17. The third-order valence-corrected chi connectivity index (χ3v) is 4.21. The number of terminal acetylenes is 1. The first-order valence-corrected chi connectivity index (χ1v) is 6.55. The van der Waals surface area contributed by atoms with Crippen LogP contribution in [0.3, 0.4) is 0 Å². The second kappa shape index (κ2) is 4.03. The number of carbonyl (C=O) groups excluding carboxylic acids is 1. The zero-order chi connectivity index (χ0) is 12.8. The number of amides is 1. The summed E-state index contributed by atoms with van der Waals surface area (Å²) >= 11 is 5.88. The summed E-state index contributed by atoms with van der Waals surface area (Å²) in [4.78, 5) is 14.4. The van der Waals surface area contributed by atoms with E-state index >= 15 is 0 Å². The van der Waals surface area contributed by atoms with Crippen molar-refractivity contribution in [2.24, 2.45) is 5.92 Å². The fourth-order valence-electron chi connectivity index (χ4n) is 2.57. The Hall–Kier alpha value is -1.46. The minimum Gasteiger partial charge on any atom is -0.339 e. The summed E-state index contributed by atoms with van der Waals surface area (Å²) in [6.07, 6.45) is 7.22. The van der Waals surface area contributed by atoms with Crippen molar-refractivity contribution < 1.29 is 4.79 Å². The summed E-state index contributed by atoms with van der Waals surface area (Å²) in [6, 6.07) is 7.63. The highest BCUT2D eigenvalue weighted by atomic mass is 35.5. The van der Waals surface area contributed by atoms with Gasteiger partial charge in [-0.3, -0.25) is 4.79 Å². The number of rotatable bonds is 2. The predicted octanol–water partition coefficient (Wildman–Crippen LogP) is 2.46. The van der Waals surface area contributed by atoms with Crippen LogP contribution in [0.25, 0.3) is 0 Å². The standard InChI is InChI=1S/C15H14ClNO/c1-2-11-9-17(10-11)14(18)15(7-8-15)12-3-5-13(16)6-4-12/h1,3-6,11H,7-10H2. The van der Waals surface area contributed by atoms with Crippen molar-refractivity contribution in [1.82, 2.24) is 4.90 Å². The molecule has 1 amide bonds. The van der Waals surface area contributed by atoms with Crippen LogP contribution in [0, 0.1) is 18.3 Å². The Morgan fingerprint density at radius 3 is 2.44 bits per heavy atom. The molecule has 1 aromatic carbocycles. The minimum absolute atomic E-state index is 0.233. The Labute approximate surface area is 112 Å².